The summed E-state index contributed by atoms with van der Waals surface area (Å²) >= 11 is 0. The number of nitrogens with one attached hydrogen (secondary N) is 1. The molecule has 0 saturated carbocycles. The average molecular weight is 402 g/mol. The lowest BCUT2D eigenvalue weighted by atomic mass is 10.1. The number of rotatable bonds is 8. The third-order valence-electron chi connectivity index (χ3n) is 5.22. The maximum Gasteiger partial charge on any atom is 0.258 e. The Morgan fingerprint density at radius 1 is 0.967 bits per heavy atom. The van der Waals surface area contributed by atoms with Crippen LogP contribution in [0.5, 0.6) is 11.5 Å². The minimum absolute atomic E-state index is 0.0921. The third-order valence-corrected chi connectivity index (χ3v) is 5.22. The van der Waals surface area contributed by atoms with Crippen LogP contribution in [0.2, 0.25) is 0 Å². The van der Waals surface area contributed by atoms with Gasteiger partial charge in [0, 0.05) is 6.54 Å². The summed E-state index contributed by atoms with van der Waals surface area (Å²) in [6.07, 6.45) is 1.84. The number of amides is 1. The van der Waals surface area contributed by atoms with Gasteiger partial charge in [0.25, 0.3) is 5.91 Å². The standard InChI is InChI=1S/C25H26N2O3/c1-29-21-12-5-10-20(16-21)17-27-18-26-25(28)24-22(27)13-6-14-23(24)30-15-7-11-19-8-3-2-4-9-19/h2-6,8-10,12-14,16H,7,11,15,17-18H2,1H3,(H,26,28). The molecule has 0 aliphatic carbocycles. The molecule has 1 aliphatic rings. The Hall–Kier alpha value is -3.47. The molecule has 4 rings (SSSR count). The zero-order chi connectivity index (χ0) is 20.8. The van der Waals surface area contributed by atoms with Crippen molar-refractivity contribution in [3.8, 4) is 11.5 Å². The molecule has 5 heteroatoms. The van der Waals surface area contributed by atoms with Gasteiger partial charge in [-0.15, -0.1) is 0 Å². The predicted molar refractivity (Wildman–Crippen MR) is 118 cm³/mol. The van der Waals surface area contributed by atoms with Crippen molar-refractivity contribution in [2.75, 3.05) is 25.3 Å². The number of carbonyl (C=O) groups excluding carboxylic acids is 1. The summed E-state index contributed by atoms with van der Waals surface area (Å²) in [7, 11) is 1.66. The lowest BCUT2D eigenvalue weighted by Crippen LogP contribution is -2.43. The molecule has 5 nitrogen and oxygen atoms in total. The monoisotopic (exact) mass is 402 g/mol. The van der Waals surface area contributed by atoms with Gasteiger partial charge in [0.1, 0.15) is 17.1 Å². The molecule has 3 aromatic rings. The van der Waals surface area contributed by atoms with Crippen molar-refractivity contribution < 1.29 is 14.3 Å². The summed E-state index contributed by atoms with van der Waals surface area (Å²) in [5, 5.41) is 2.97. The van der Waals surface area contributed by atoms with E-state index in [9.17, 15) is 4.79 Å². The first-order chi connectivity index (χ1) is 14.7. The van der Waals surface area contributed by atoms with E-state index in [4.69, 9.17) is 9.47 Å². The maximum atomic E-state index is 12.6. The number of fused-ring (bicyclic) bond motifs is 1. The Bertz CT molecular complexity index is 1000. The SMILES string of the molecule is COc1cccc(CN2CNC(=O)c3c(OCCCc4ccccc4)cccc32)c1. The number of benzene rings is 3. The van der Waals surface area contributed by atoms with Crippen LogP contribution in [0.15, 0.2) is 72.8 Å². The van der Waals surface area contributed by atoms with Crippen molar-refractivity contribution in [1.29, 1.82) is 0 Å². The Labute approximate surface area is 177 Å². The molecule has 30 heavy (non-hydrogen) atoms. The van der Waals surface area contributed by atoms with Crippen LogP contribution in [0.4, 0.5) is 5.69 Å². The molecule has 0 bridgehead atoms. The zero-order valence-electron chi connectivity index (χ0n) is 17.1. The fourth-order valence-electron chi connectivity index (χ4n) is 3.71. The minimum atomic E-state index is -0.0921. The molecular weight excluding hydrogens is 376 g/mol. The molecule has 0 unspecified atom stereocenters. The van der Waals surface area contributed by atoms with Crippen molar-refractivity contribution in [3.05, 3.63) is 89.5 Å². The first kappa shape index (κ1) is 19.8. The van der Waals surface area contributed by atoms with Crippen LogP contribution < -0.4 is 19.7 Å². The molecule has 3 aromatic carbocycles. The van der Waals surface area contributed by atoms with Gasteiger partial charge in [0.15, 0.2) is 0 Å². The van der Waals surface area contributed by atoms with Crippen LogP contribution in [0.25, 0.3) is 0 Å². The molecule has 154 valence electrons. The number of methoxy groups -OCH3 is 1. The van der Waals surface area contributed by atoms with Gasteiger partial charge in [-0.2, -0.15) is 0 Å². The molecule has 0 atom stereocenters. The second-order valence-corrected chi connectivity index (χ2v) is 7.30. The molecular formula is C25H26N2O3. The van der Waals surface area contributed by atoms with Crippen molar-refractivity contribution >= 4 is 11.6 Å². The number of nitrogens with zero attached hydrogens (tertiary/aromatic N) is 1. The maximum absolute atomic E-state index is 12.6. The van der Waals surface area contributed by atoms with Crippen LogP contribution in [0.3, 0.4) is 0 Å². The van der Waals surface area contributed by atoms with E-state index in [0.29, 0.717) is 31.1 Å². The quantitative estimate of drug-likeness (QED) is 0.567. The average Bonchev–Trinajstić information content (AvgIpc) is 2.79. The van der Waals surface area contributed by atoms with Crippen LogP contribution in [0, 0.1) is 0 Å². The lowest BCUT2D eigenvalue weighted by molar-refractivity contribution is 0.0943. The topological polar surface area (TPSA) is 50.8 Å². The Kier molecular flexibility index (Phi) is 6.18. The number of carbonyl (C=O) groups is 1. The number of ether oxygens (including phenoxy) is 2. The predicted octanol–water partition coefficient (Wildman–Crippen LogP) is 4.41. The first-order valence-electron chi connectivity index (χ1n) is 10.2. The van der Waals surface area contributed by atoms with Gasteiger partial charge >= 0.3 is 0 Å². The van der Waals surface area contributed by atoms with Crippen molar-refractivity contribution in [1.82, 2.24) is 5.32 Å². The van der Waals surface area contributed by atoms with E-state index in [-0.39, 0.29) is 5.91 Å². The largest absolute Gasteiger partial charge is 0.497 e. The van der Waals surface area contributed by atoms with Gasteiger partial charge < -0.3 is 19.7 Å². The first-order valence-corrected chi connectivity index (χ1v) is 10.2. The highest BCUT2D eigenvalue weighted by Gasteiger charge is 2.26. The Morgan fingerprint density at radius 2 is 1.77 bits per heavy atom. The summed E-state index contributed by atoms with van der Waals surface area (Å²) in [5.41, 5.74) is 3.90. The van der Waals surface area contributed by atoms with Crippen LogP contribution in [-0.4, -0.2) is 26.3 Å². The van der Waals surface area contributed by atoms with Gasteiger partial charge in [-0.05, 0) is 48.2 Å². The van der Waals surface area contributed by atoms with E-state index < -0.39 is 0 Å². The summed E-state index contributed by atoms with van der Waals surface area (Å²) in [5.74, 6) is 1.36. The molecule has 0 spiro atoms. The highest BCUT2D eigenvalue weighted by molar-refractivity contribution is 6.04. The van der Waals surface area contributed by atoms with E-state index in [1.54, 1.807) is 7.11 Å². The van der Waals surface area contributed by atoms with Gasteiger partial charge in [0.05, 0.1) is 26.1 Å². The van der Waals surface area contributed by atoms with Gasteiger partial charge in [-0.3, -0.25) is 4.79 Å². The van der Waals surface area contributed by atoms with E-state index in [1.165, 1.54) is 5.56 Å². The molecule has 0 saturated heterocycles. The fourth-order valence-corrected chi connectivity index (χ4v) is 3.71. The van der Waals surface area contributed by atoms with Gasteiger partial charge in [-0.25, -0.2) is 0 Å². The van der Waals surface area contributed by atoms with Crippen molar-refractivity contribution in [2.45, 2.75) is 19.4 Å². The van der Waals surface area contributed by atoms with Crippen LogP contribution in [0.1, 0.15) is 27.9 Å². The number of hydrogen-bond donors (Lipinski definition) is 1. The third kappa shape index (κ3) is 4.57. The Balaban J connectivity index is 1.46. The number of hydrogen-bond acceptors (Lipinski definition) is 4. The molecule has 1 aliphatic heterocycles. The van der Waals surface area contributed by atoms with Crippen molar-refractivity contribution in [2.24, 2.45) is 0 Å². The van der Waals surface area contributed by atoms with Crippen LogP contribution in [-0.2, 0) is 13.0 Å². The molecule has 1 N–H and O–H groups in total. The molecule has 0 aromatic heterocycles. The number of aryl methyl sites for hydroxylation is 1. The van der Waals surface area contributed by atoms with Gasteiger partial charge in [-0.1, -0.05) is 48.5 Å². The number of anilines is 1. The normalized spacial score (nSPS) is 12.8. The molecule has 0 radical (unpaired) electrons. The van der Waals surface area contributed by atoms with E-state index >= 15 is 0 Å². The van der Waals surface area contributed by atoms with Gasteiger partial charge in [0.2, 0.25) is 0 Å². The second-order valence-electron chi connectivity index (χ2n) is 7.30. The molecule has 1 amide bonds. The highest BCUT2D eigenvalue weighted by Crippen LogP contribution is 2.33. The smallest absolute Gasteiger partial charge is 0.258 e. The van der Waals surface area contributed by atoms with Crippen LogP contribution >= 0.6 is 0 Å². The summed E-state index contributed by atoms with van der Waals surface area (Å²) in [6.45, 7) is 1.69. The highest BCUT2D eigenvalue weighted by atomic mass is 16.5. The Morgan fingerprint density at radius 3 is 2.60 bits per heavy atom. The zero-order valence-corrected chi connectivity index (χ0v) is 17.1. The summed E-state index contributed by atoms with van der Waals surface area (Å²) in [4.78, 5) is 14.8. The lowest BCUT2D eigenvalue weighted by Gasteiger charge is -2.32. The summed E-state index contributed by atoms with van der Waals surface area (Å²) in [6, 6.07) is 24.1. The van der Waals surface area contributed by atoms with E-state index in [1.807, 2.05) is 54.6 Å². The fraction of sp³-hybridized carbons (Fsp3) is 0.240. The minimum Gasteiger partial charge on any atom is -0.497 e. The van der Waals surface area contributed by atoms with Crippen molar-refractivity contribution in [3.63, 3.8) is 0 Å². The van der Waals surface area contributed by atoms with E-state index in [0.717, 1.165) is 29.8 Å². The molecule has 1 heterocycles. The second kappa shape index (κ2) is 9.35. The summed E-state index contributed by atoms with van der Waals surface area (Å²) < 4.78 is 11.4. The molecule has 0 fully saturated rings. The van der Waals surface area contributed by atoms with E-state index in [2.05, 4.69) is 28.4 Å².